The van der Waals surface area contributed by atoms with Crippen LogP contribution in [0.4, 0.5) is 0 Å². The van der Waals surface area contributed by atoms with Crippen LogP contribution < -0.4 is 11.1 Å². The van der Waals surface area contributed by atoms with Gasteiger partial charge in [0.05, 0.1) is 5.54 Å². The van der Waals surface area contributed by atoms with Crippen molar-refractivity contribution < 1.29 is 14.7 Å². The zero-order chi connectivity index (χ0) is 13.2. The maximum atomic E-state index is 12.1. The predicted octanol–water partition coefficient (Wildman–Crippen LogP) is 1.26. The van der Waals surface area contributed by atoms with Gasteiger partial charge in [0.25, 0.3) is 0 Å². The molecule has 0 aromatic carbocycles. The maximum absolute atomic E-state index is 12.1. The molecule has 5 nitrogen and oxygen atoms in total. The topological polar surface area (TPSA) is 92.4 Å². The second-order valence-electron chi connectivity index (χ2n) is 4.62. The van der Waals surface area contributed by atoms with Crippen LogP contribution in [0.1, 0.15) is 36.6 Å². The summed E-state index contributed by atoms with van der Waals surface area (Å²) in [6.07, 6.45) is 3.08. The number of aliphatic carboxylic acids is 1. The highest BCUT2D eigenvalue weighted by Gasteiger charge is 2.39. The van der Waals surface area contributed by atoms with E-state index in [0.717, 1.165) is 12.8 Å². The third-order valence-electron chi connectivity index (χ3n) is 3.30. The molecular weight excluding hydrogens is 252 g/mol. The highest BCUT2D eigenvalue weighted by Crippen LogP contribution is 2.28. The molecule has 1 fully saturated rings. The van der Waals surface area contributed by atoms with Crippen molar-refractivity contribution >= 4 is 23.2 Å². The van der Waals surface area contributed by atoms with Crippen molar-refractivity contribution in [3.63, 3.8) is 0 Å². The number of nitrogens with two attached hydrogens (primary N) is 1. The molecule has 18 heavy (non-hydrogen) atoms. The van der Waals surface area contributed by atoms with E-state index in [2.05, 4.69) is 5.32 Å². The number of hydrogen-bond acceptors (Lipinski definition) is 4. The van der Waals surface area contributed by atoms with Crippen molar-refractivity contribution in [2.45, 2.75) is 37.3 Å². The first-order valence-corrected chi connectivity index (χ1v) is 6.77. The molecule has 6 heteroatoms. The molecule has 4 N–H and O–H groups in total. The molecule has 1 aliphatic carbocycles. The number of amides is 1. The Bertz CT molecular complexity index is 438. The van der Waals surface area contributed by atoms with Crippen LogP contribution in [-0.2, 0) is 9.59 Å². The summed E-state index contributed by atoms with van der Waals surface area (Å²) in [6, 6.07) is 2.45. The van der Waals surface area contributed by atoms with Crippen molar-refractivity contribution in [2.75, 3.05) is 0 Å². The standard InChI is InChI=1S/C12H16N2O3S/c13-12(5-1-2-6-12)11(17)14-9(10(15)16)8-4-3-7-18-8/h3-4,7,9H,1-2,5-6,13H2,(H,14,17)(H,15,16). The molecule has 0 spiro atoms. The summed E-state index contributed by atoms with van der Waals surface area (Å²) in [5, 5.41) is 13.5. The first kappa shape index (κ1) is 13.0. The summed E-state index contributed by atoms with van der Waals surface area (Å²) in [7, 11) is 0. The molecule has 2 rings (SSSR count). The van der Waals surface area contributed by atoms with Crippen LogP contribution in [-0.4, -0.2) is 22.5 Å². The summed E-state index contributed by atoms with van der Waals surface area (Å²) in [6.45, 7) is 0. The van der Waals surface area contributed by atoms with Gasteiger partial charge in [0.15, 0.2) is 6.04 Å². The van der Waals surface area contributed by atoms with Gasteiger partial charge in [0, 0.05) is 4.88 Å². The third-order valence-corrected chi connectivity index (χ3v) is 4.24. The number of carbonyl (C=O) groups is 2. The smallest absolute Gasteiger partial charge is 0.331 e. The number of nitrogens with one attached hydrogen (secondary N) is 1. The Morgan fingerprint density at radius 1 is 1.44 bits per heavy atom. The summed E-state index contributed by atoms with van der Waals surface area (Å²) >= 11 is 1.31. The summed E-state index contributed by atoms with van der Waals surface area (Å²) in [5.41, 5.74) is 5.10. The van der Waals surface area contributed by atoms with E-state index >= 15 is 0 Å². The summed E-state index contributed by atoms with van der Waals surface area (Å²) in [4.78, 5) is 23.9. The van der Waals surface area contributed by atoms with Crippen molar-refractivity contribution in [3.8, 4) is 0 Å². The number of carbonyl (C=O) groups excluding carboxylic acids is 1. The molecule has 1 unspecified atom stereocenters. The van der Waals surface area contributed by atoms with Crippen molar-refractivity contribution in [2.24, 2.45) is 5.73 Å². The van der Waals surface area contributed by atoms with Crippen LogP contribution in [0.15, 0.2) is 17.5 Å². The van der Waals surface area contributed by atoms with E-state index in [1.807, 2.05) is 0 Å². The molecule has 1 aliphatic rings. The first-order chi connectivity index (χ1) is 8.53. The lowest BCUT2D eigenvalue weighted by molar-refractivity contribution is -0.142. The molecule has 1 aromatic rings. The van der Waals surface area contributed by atoms with Gasteiger partial charge in [-0.25, -0.2) is 4.79 Å². The fourth-order valence-electron chi connectivity index (χ4n) is 2.22. The van der Waals surface area contributed by atoms with E-state index in [-0.39, 0.29) is 5.91 Å². The first-order valence-electron chi connectivity index (χ1n) is 5.89. The number of carboxylic acid groups (broad SMARTS) is 1. The SMILES string of the molecule is NC1(C(=O)NC(C(=O)O)c2cccs2)CCCC1. The average Bonchev–Trinajstić information content (AvgIpc) is 2.96. The number of thiophene rings is 1. The lowest BCUT2D eigenvalue weighted by atomic mass is 9.97. The van der Waals surface area contributed by atoms with Crippen molar-refractivity contribution in [1.29, 1.82) is 0 Å². The molecule has 1 atom stereocenters. The van der Waals surface area contributed by atoms with Gasteiger partial charge in [0.2, 0.25) is 5.91 Å². The van der Waals surface area contributed by atoms with Crippen molar-refractivity contribution in [3.05, 3.63) is 22.4 Å². The van der Waals surface area contributed by atoms with Crippen LogP contribution in [0.25, 0.3) is 0 Å². The van der Waals surface area contributed by atoms with Crippen LogP contribution in [0, 0.1) is 0 Å². The Morgan fingerprint density at radius 2 is 2.11 bits per heavy atom. The van der Waals surface area contributed by atoms with Crippen LogP contribution in [0.3, 0.4) is 0 Å². The van der Waals surface area contributed by atoms with Gasteiger partial charge in [-0.2, -0.15) is 0 Å². The van der Waals surface area contributed by atoms with Gasteiger partial charge in [-0.15, -0.1) is 11.3 Å². The van der Waals surface area contributed by atoms with Crippen LogP contribution in [0.2, 0.25) is 0 Å². The van der Waals surface area contributed by atoms with Crippen LogP contribution >= 0.6 is 11.3 Å². The number of rotatable bonds is 4. The van der Waals surface area contributed by atoms with E-state index in [1.165, 1.54) is 11.3 Å². The molecule has 1 heterocycles. The van der Waals surface area contributed by atoms with Gasteiger partial charge >= 0.3 is 5.97 Å². The minimum atomic E-state index is -1.06. The lowest BCUT2D eigenvalue weighted by Crippen LogP contribution is -2.53. The minimum Gasteiger partial charge on any atom is -0.479 e. The molecule has 1 saturated carbocycles. The quantitative estimate of drug-likeness (QED) is 0.766. The molecular formula is C12H16N2O3S. The predicted molar refractivity (Wildman–Crippen MR) is 68.2 cm³/mol. The summed E-state index contributed by atoms with van der Waals surface area (Å²) in [5.74, 6) is -1.42. The van der Waals surface area contributed by atoms with Gasteiger partial charge in [-0.1, -0.05) is 18.9 Å². The fraction of sp³-hybridized carbons (Fsp3) is 0.500. The van der Waals surface area contributed by atoms with E-state index in [4.69, 9.17) is 5.73 Å². The molecule has 0 radical (unpaired) electrons. The molecule has 0 saturated heterocycles. The molecule has 1 amide bonds. The summed E-state index contributed by atoms with van der Waals surface area (Å²) < 4.78 is 0. The highest BCUT2D eigenvalue weighted by molar-refractivity contribution is 7.10. The Morgan fingerprint density at radius 3 is 2.61 bits per heavy atom. The van der Waals surface area contributed by atoms with Gasteiger partial charge in [-0.05, 0) is 24.3 Å². The average molecular weight is 268 g/mol. The van der Waals surface area contributed by atoms with E-state index in [0.29, 0.717) is 17.7 Å². The van der Waals surface area contributed by atoms with E-state index in [1.54, 1.807) is 17.5 Å². The third kappa shape index (κ3) is 2.54. The maximum Gasteiger partial charge on any atom is 0.331 e. The lowest BCUT2D eigenvalue weighted by Gasteiger charge is -2.24. The second kappa shape index (κ2) is 5.07. The highest BCUT2D eigenvalue weighted by atomic mass is 32.1. The second-order valence-corrected chi connectivity index (χ2v) is 5.60. The fourth-order valence-corrected chi connectivity index (χ4v) is 2.99. The van der Waals surface area contributed by atoms with Gasteiger partial charge < -0.3 is 16.2 Å². The Hall–Kier alpha value is -1.40. The number of hydrogen-bond donors (Lipinski definition) is 3. The van der Waals surface area contributed by atoms with Crippen molar-refractivity contribution in [1.82, 2.24) is 5.32 Å². The molecule has 0 bridgehead atoms. The largest absolute Gasteiger partial charge is 0.479 e. The van der Waals surface area contributed by atoms with E-state index in [9.17, 15) is 14.7 Å². The zero-order valence-electron chi connectivity index (χ0n) is 9.89. The Balaban J connectivity index is 2.10. The Labute approximate surface area is 109 Å². The van der Waals surface area contributed by atoms with Crippen LogP contribution in [0.5, 0.6) is 0 Å². The Kier molecular flexibility index (Phi) is 3.68. The number of carboxylic acids is 1. The monoisotopic (exact) mass is 268 g/mol. The molecule has 98 valence electrons. The minimum absolute atomic E-state index is 0.360. The molecule has 1 aromatic heterocycles. The molecule has 0 aliphatic heterocycles. The van der Waals surface area contributed by atoms with Gasteiger partial charge in [-0.3, -0.25) is 4.79 Å². The van der Waals surface area contributed by atoms with Gasteiger partial charge in [0.1, 0.15) is 0 Å². The van der Waals surface area contributed by atoms with E-state index < -0.39 is 17.6 Å². The zero-order valence-corrected chi connectivity index (χ0v) is 10.7. The normalized spacial score (nSPS) is 19.4.